The Labute approximate surface area is 152 Å². The van der Waals surface area contributed by atoms with E-state index in [2.05, 4.69) is 15.3 Å². The summed E-state index contributed by atoms with van der Waals surface area (Å²) in [6, 6.07) is 15.2. The lowest BCUT2D eigenvalue weighted by atomic mass is 10.2. The Kier molecular flexibility index (Phi) is 4.06. The molecule has 0 fully saturated rings. The van der Waals surface area contributed by atoms with Crippen molar-refractivity contribution in [2.75, 3.05) is 11.1 Å². The van der Waals surface area contributed by atoms with Gasteiger partial charge in [-0.05, 0) is 36.4 Å². The number of nitrogen functional groups attached to an aromatic ring is 1. The van der Waals surface area contributed by atoms with Crippen LogP contribution in [0.5, 0.6) is 0 Å². The highest BCUT2D eigenvalue weighted by Crippen LogP contribution is 2.34. The second-order valence-electron chi connectivity index (χ2n) is 5.54. The number of hydrogen-bond acceptors (Lipinski definition) is 5. The molecule has 0 spiro atoms. The van der Waals surface area contributed by atoms with Crippen LogP contribution in [0.25, 0.3) is 21.6 Å². The number of nitrogens with one attached hydrogen (secondary N) is 1. The lowest BCUT2D eigenvalue weighted by Crippen LogP contribution is -2.12. The van der Waals surface area contributed by atoms with Crippen molar-refractivity contribution in [3.05, 3.63) is 71.5 Å². The van der Waals surface area contributed by atoms with E-state index in [1.165, 1.54) is 23.5 Å². The molecule has 4 rings (SSSR count). The Morgan fingerprint density at radius 2 is 1.85 bits per heavy atom. The van der Waals surface area contributed by atoms with Crippen molar-refractivity contribution >= 4 is 38.8 Å². The Bertz CT molecular complexity index is 1110. The first-order chi connectivity index (χ1) is 12.6. The molecule has 0 atom stereocenters. The van der Waals surface area contributed by atoms with E-state index in [4.69, 9.17) is 5.73 Å². The van der Waals surface area contributed by atoms with Gasteiger partial charge in [-0.1, -0.05) is 18.2 Å². The van der Waals surface area contributed by atoms with Gasteiger partial charge in [-0.3, -0.25) is 9.78 Å². The largest absolute Gasteiger partial charge is 0.397 e. The van der Waals surface area contributed by atoms with Crippen LogP contribution in [0, 0.1) is 5.82 Å². The molecule has 26 heavy (non-hydrogen) atoms. The standard InChI is InChI=1S/C19H13FN4OS/c20-12-5-1-2-6-13(12)23-18(25)17-16(21)11-8-9-15(24-19(11)26-17)14-7-3-4-10-22-14/h1-10H,21H2,(H,23,25). The minimum absolute atomic E-state index is 0.108. The van der Waals surface area contributed by atoms with E-state index in [1.807, 2.05) is 30.3 Å². The number of anilines is 2. The lowest BCUT2D eigenvalue weighted by molar-refractivity contribution is 0.103. The lowest BCUT2D eigenvalue weighted by Gasteiger charge is -2.05. The van der Waals surface area contributed by atoms with E-state index in [-0.39, 0.29) is 5.69 Å². The highest BCUT2D eigenvalue weighted by Gasteiger charge is 2.19. The molecule has 3 N–H and O–H groups in total. The number of para-hydroxylation sites is 1. The predicted molar refractivity (Wildman–Crippen MR) is 102 cm³/mol. The van der Waals surface area contributed by atoms with E-state index >= 15 is 0 Å². The molecule has 3 aromatic heterocycles. The van der Waals surface area contributed by atoms with Gasteiger partial charge in [-0.15, -0.1) is 11.3 Å². The van der Waals surface area contributed by atoms with Gasteiger partial charge < -0.3 is 11.1 Å². The molecule has 1 aromatic carbocycles. The van der Waals surface area contributed by atoms with Crippen LogP contribution < -0.4 is 11.1 Å². The van der Waals surface area contributed by atoms with E-state index < -0.39 is 11.7 Å². The fourth-order valence-corrected chi connectivity index (χ4v) is 3.55. The second-order valence-corrected chi connectivity index (χ2v) is 6.54. The van der Waals surface area contributed by atoms with Crippen LogP contribution >= 0.6 is 11.3 Å². The molecule has 0 radical (unpaired) electrons. The highest BCUT2D eigenvalue weighted by molar-refractivity contribution is 7.21. The summed E-state index contributed by atoms with van der Waals surface area (Å²) in [6.45, 7) is 0. The minimum Gasteiger partial charge on any atom is -0.397 e. The van der Waals surface area contributed by atoms with Gasteiger partial charge in [0.15, 0.2) is 0 Å². The predicted octanol–water partition coefficient (Wildman–Crippen LogP) is 4.33. The third kappa shape index (κ3) is 2.89. The number of rotatable bonds is 3. The summed E-state index contributed by atoms with van der Waals surface area (Å²) in [5.41, 5.74) is 7.99. The number of carbonyl (C=O) groups excluding carboxylic acids is 1. The molecule has 5 nitrogen and oxygen atoms in total. The van der Waals surface area contributed by atoms with Crippen LogP contribution in [-0.4, -0.2) is 15.9 Å². The molecular formula is C19H13FN4OS. The number of benzene rings is 1. The molecule has 1 amide bonds. The maximum absolute atomic E-state index is 13.7. The molecule has 0 bridgehead atoms. The Morgan fingerprint density at radius 3 is 2.62 bits per heavy atom. The average molecular weight is 364 g/mol. The Balaban J connectivity index is 1.71. The van der Waals surface area contributed by atoms with Crippen molar-refractivity contribution in [1.29, 1.82) is 0 Å². The average Bonchev–Trinajstić information content (AvgIpc) is 3.00. The summed E-state index contributed by atoms with van der Waals surface area (Å²) in [6.07, 6.45) is 1.69. The summed E-state index contributed by atoms with van der Waals surface area (Å²) in [4.78, 5) is 22.3. The molecule has 0 saturated carbocycles. The zero-order chi connectivity index (χ0) is 18.1. The first-order valence-corrected chi connectivity index (χ1v) is 8.61. The van der Waals surface area contributed by atoms with E-state index in [1.54, 1.807) is 18.3 Å². The van der Waals surface area contributed by atoms with Gasteiger partial charge in [0.1, 0.15) is 15.5 Å². The van der Waals surface area contributed by atoms with Crippen molar-refractivity contribution in [3.63, 3.8) is 0 Å². The number of nitrogens with zero attached hydrogens (tertiary/aromatic N) is 2. The van der Waals surface area contributed by atoms with Crippen LogP contribution in [0.15, 0.2) is 60.8 Å². The third-order valence-electron chi connectivity index (χ3n) is 3.85. The topological polar surface area (TPSA) is 80.9 Å². The highest BCUT2D eigenvalue weighted by atomic mass is 32.1. The number of pyridine rings is 2. The first-order valence-electron chi connectivity index (χ1n) is 7.80. The van der Waals surface area contributed by atoms with Crippen LogP contribution in [0.4, 0.5) is 15.8 Å². The molecule has 3 heterocycles. The van der Waals surface area contributed by atoms with Crippen LogP contribution in [0.1, 0.15) is 9.67 Å². The SMILES string of the molecule is Nc1c(C(=O)Nc2ccccc2F)sc2nc(-c3ccccn3)ccc12. The number of carbonyl (C=O) groups is 1. The number of nitrogens with two attached hydrogens (primary N) is 1. The van der Waals surface area contributed by atoms with Gasteiger partial charge >= 0.3 is 0 Å². The van der Waals surface area contributed by atoms with Gasteiger partial charge in [0.25, 0.3) is 5.91 Å². The molecule has 0 unspecified atom stereocenters. The number of hydrogen-bond donors (Lipinski definition) is 2. The Hall–Kier alpha value is -3.32. The molecule has 0 aliphatic carbocycles. The van der Waals surface area contributed by atoms with Crippen LogP contribution in [0.2, 0.25) is 0 Å². The van der Waals surface area contributed by atoms with Crippen molar-refractivity contribution in [2.24, 2.45) is 0 Å². The smallest absolute Gasteiger partial charge is 0.268 e. The quantitative estimate of drug-likeness (QED) is 0.567. The monoisotopic (exact) mass is 364 g/mol. The molecule has 4 aromatic rings. The summed E-state index contributed by atoms with van der Waals surface area (Å²) in [5, 5.41) is 3.24. The first kappa shape index (κ1) is 16.2. The summed E-state index contributed by atoms with van der Waals surface area (Å²) >= 11 is 1.17. The van der Waals surface area contributed by atoms with Crippen molar-refractivity contribution < 1.29 is 9.18 Å². The number of thiophene rings is 1. The van der Waals surface area contributed by atoms with Crippen LogP contribution in [-0.2, 0) is 0 Å². The summed E-state index contributed by atoms with van der Waals surface area (Å²) in [7, 11) is 0. The molecule has 0 aliphatic rings. The molecule has 128 valence electrons. The molecule has 0 aliphatic heterocycles. The fraction of sp³-hybridized carbons (Fsp3) is 0. The molecule has 7 heteroatoms. The maximum atomic E-state index is 13.7. The molecule has 0 saturated heterocycles. The van der Waals surface area contributed by atoms with Crippen molar-refractivity contribution in [3.8, 4) is 11.4 Å². The van der Waals surface area contributed by atoms with Gasteiger partial charge in [0.05, 0.1) is 22.8 Å². The normalized spacial score (nSPS) is 10.8. The number of aromatic nitrogens is 2. The third-order valence-corrected chi connectivity index (χ3v) is 4.96. The van der Waals surface area contributed by atoms with Gasteiger partial charge in [-0.25, -0.2) is 9.37 Å². The van der Waals surface area contributed by atoms with E-state index in [0.717, 1.165) is 5.69 Å². The van der Waals surface area contributed by atoms with Crippen molar-refractivity contribution in [1.82, 2.24) is 9.97 Å². The van der Waals surface area contributed by atoms with Crippen molar-refractivity contribution in [2.45, 2.75) is 0 Å². The summed E-state index contributed by atoms with van der Waals surface area (Å²) < 4.78 is 13.7. The number of amides is 1. The van der Waals surface area contributed by atoms with E-state index in [9.17, 15) is 9.18 Å². The fourth-order valence-electron chi connectivity index (χ4n) is 2.56. The maximum Gasteiger partial charge on any atom is 0.268 e. The van der Waals surface area contributed by atoms with Gasteiger partial charge in [0, 0.05) is 11.6 Å². The number of halogens is 1. The van der Waals surface area contributed by atoms with Crippen LogP contribution in [0.3, 0.4) is 0 Å². The molecular weight excluding hydrogens is 351 g/mol. The minimum atomic E-state index is -0.504. The van der Waals surface area contributed by atoms with Gasteiger partial charge in [-0.2, -0.15) is 0 Å². The van der Waals surface area contributed by atoms with Gasteiger partial charge in [0.2, 0.25) is 0 Å². The zero-order valence-corrected chi connectivity index (χ0v) is 14.3. The zero-order valence-electron chi connectivity index (χ0n) is 13.4. The number of fused-ring (bicyclic) bond motifs is 1. The Morgan fingerprint density at radius 1 is 1.04 bits per heavy atom. The van der Waals surface area contributed by atoms with E-state index in [0.29, 0.717) is 26.5 Å². The second kappa shape index (κ2) is 6.53. The summed E-state index contributed by atoms with van der Waals surface area (Å²) in [5.74, 6) is -0.967.